The molecule has 0 aliphatic heterocycles. The summed E-state index contributed by atoms with van der Waals surface area (Å²) in [6, 6.07) is 7.52. The highest BCUT2D eigenvalue weighted by molar-refractivity contribution is 5.31. The van der Waals surface area contributed by atoms with Crippen molar-refractivity contribution in [3.63, 3.8) is 0 Å². The van der Waals surface area contributed by atoms with E-state index in [1.165, 1.54) is 18.3 Å². The van der Waals surface area contributed by atoms with Gasteiger partial charge in [0.05, 0.1) is 6.20 Å². The van der Waals surface area contributed by atoms with Crippen LogP contribution < -0.4 is 10.5 Å². The van der Waals surface area contributed by atoms with Gasteiger partial charge in [0.1, 0.15) is 11.6 Å². The van der Waals surface area contributed by atoms with E-state index in [1.54, 1.807) is 18.2 Å². The first-order chi connectivity index (χ1) is 7.79. The molecule has 0 aliphatic rings. The highest BCUT2D eigenvalue weighted by Crippen LogP contribution is 2.22. The topological polar surface area (TPSA) is 61.0 Å². The van der Waals surface area contributed by atoms with E-state index >= 15 is 0 Å². The Kier molecular flexibility index (Phi) is 3.07. The van der Waals surface area contributed by atoms with Crippen LogP contribution in [-0.4, -0.2) is 10.2 Å². The first kappa shape index (κ1) is 10.5. The third-order valence-corrected chi connectivity index (χ3v) is 2.00. The van der Waals surface area contributed by atoms with Crippen molar-refractivity contribution in [2.75, 3.05) is 0 Å². The Labute approximate surface area is 91.9 Å². The van der Waals surface area contributed by atoms with E-state index in [0.717, 1.165) is 5.56 Å². The summed E-state index contributed by atoms with van der Waals surface area (Å²) < 4.78 is 18.3. The normalized spacial score (nSPS) is 10.1. The van der Waals surface area contributed by atoms with Crippen LogP contribution in [0.15, 0.2) is 36.5 Å². The van der Waals surface area contributed by atoms with Crippen molar-refractivity contribution >= 4 is 0 Å². The van der Waals surface area contributed by atoms with Gasteiger partial charge in [-0.25, -0.2) is 4.39 Å². The molecule has 0 aliphatic carbocycles. The van der Waals surface area contributed by atoms with Crippen LogP contribution in [0, 0.1) is 5.82 Å². The molecule has 0 saturated heterocycles. The van der Waals surface area contributed by atoms with Crippen molar-refractivity contribution < 1.29 is 9.13 Å². The molecule has 1 aromatic heterocycles. The summed E-state index contributed by atoms with van der Waals surface area (Å²) in [5, 5.41) is 7.49. The van der Waals surface area contributed by atoms with Crippen molar-refractivity contribution in [3.05, 3.63) is 47.9 Å². The van der Waals surface area contributed by atoms with Gasteiger partial charge in [-0.2, -0.15) is 5.10 Å². The van der Waals surface area contributed by atoms with E-state index in [9.17, 15) is 4.39 Å². The van der Waals surface area contributed by atoms with Gasteiger partial charge < -0.3 is 10.5 Å². The zero-order chi connectivity index (χ0) is 11.4. The first-order valence-corrected chi connectivity index (χ1v) is 4.73. The highest BCUT2D eigenvalue weighted by Gasteiger charge is 2.05. The second-order valence-electron chi connectivity index (χ2n) is 3.13. The molecular weight excluding hydrogens is 209 g/mol. The summed E-state index contributed by atoms with van der Waals surface area (Å²) in [6.45, 7) is 0.292. The Morgan fingerprint density at radius 1 is 1.31 bits per heavy atom. The summed E-state index contributed by atoms with van der Waals surface area (Å²) in [6.07, 6.45) is 1.53. The summed E-state index contributed by atoms with van der Waals surface area (Å²) in [5.74, 6) is 0.307. The zero-order valence-electron chi connectivity index (χ0n) is 8.43. The van der Waals surface area contributed by atoms with Crippen molar-refractivity contribution in [3.8, 4) is 11.6 Å². The molecule has 0 radical (unpaired) electrons. The average molecular weight is 219 g/mol. The summed E-state index contributed by atoms with van der Waals surface area (Å²) in [5.41, 5.74) is 6.23. The molecule has 0 bridgehead atoms. The van der Waals surface area contributed by atoms with Crippen LogP contribution in [-0.2, 0) is 6.54 Å². The number of hydrogen-bond donors (Lipinski definition) is 1. The van der Waals surface area contributed by atoms with E-state index < -0.39 is 0 Å². The Hall–Kier alpha value is -2.01. The van der Waals surface area contributed by atoms with E-state index in [0.29, 0.717) is 18.2 Å². The maximum absolute atomic E-state index is 12.9. The molecule has 1 heterocycles. The van der Waals surface area contributed by atoms with Crippen molar-refractivity contribution in [1.82, 2.24) is 10.2 Å². The largest absolute Gasteiger partial charge is 0.437 e. The van der Waals surface area contributed by atoms with Crippen molar-refractivity contribution in [2.45, 2.75) is 6.54 Å². The molecule has 0 unspecified atom stereocenters. The molecule has 1 aromatic carbocycles. The second kappa shape index (κ2) is 4.67. The Morgan fingerprint density at radius 3 is 2.94 bits per heavy atom. The van der Waals surface area contributed by atoms with Crippen LogP contribution in [0.1, 0.15) is 5.56 Å². The van der Waals surface area contributed by atoms with Gasteiger partial charge in [0, 0.05) is 18.2 Å². The molecule has 2 rings (SSSR count). The Bertz CT molecular complexity index is 490. The quantitative estimate of drug-likeness (QED) is 0.855. The summed E-state index contributed by atoms with van der Waals surface area (Å²) in [4.78, 5) is 0. The third-order valence-electron chi connectivity index (χ3n) is 2.00. The molecule has 4 nitrogen and oxygen atoms in total. The van der Waals surface area contributed by atoms with Gasteiger partial charge in [0.2, 0.25) is 5.88 Å². The molecule has 2 N–H and O–H groups in total. The van der Waals surface area contributed by atoms with E-state index in [4.69, 9.17) is 10.5 Å². The van der Waals surface area contributed by atoms with Gasteiger partial charge >= 0.3 is 0 Å². The maximum Gasteiger partial charge on any atom is 0.243 e. The third kappa shape index (κ3) is 2.32. The van der Waals surface area contributed by atoms with Gasteiger partial charge in [-0.05, 0) is 18.2 Å². The number of ether oxygens (including phenoxy) is 1. The number of halogens is 1. The molecule has 82 valence electrons. The number of aromatic nitrogens is 2. The van der Waals surface area contributed by atoms with Crippen LogP contribution in [0.3, 0.4) is 0 Å². The molecule has 5 heteroatoms. The van der Waals surface area contributed by atoms with E-state index in [1.807, 2.05) is 0 Å². The van der Waals surface area contributed by atoms with Gasteiger partial charge in [0.25, 0.3) is 0 Å². The van der Waals surface area contributed by atoms with Gasteiger partial charge in [-0.1, -0.05) is 6.07 Å². The van der Waals surface area contributed by atoms with Crippen LogP contribution in [0.2, 0.25) is 0 Å². The SMILES string of the molecule is NCc1ccnnc1Oc1cccc(F)c1. The average Bonchev–Trinajstić information content (AvgIpc) is 2.30. The first-order valence-electron chi connectivity index (χ1n) is 4.73. The standard InChI is InChI=1S/C11H10FN3O/c12-9-2-1-3-10(6-9)16-11-8(7-13)4-5-14-15-11/h1-6H,7,13H2. The fraction of sp³-hybridized carbons (Fsp3) is 0.0909. The number of hydrogen-bond acceptors (Lipinski definition) is 4. The lowest BCUT2D eigenvalue weighted by Crippen LogP contribution is -2.02. The van der Waals surface area contributed by atoms with Gasteiger partial charge in [0.15, 0.2) is 0 Å². The number of rotatable bonds is 3. The second-order valence-corrected chi connectivity index (χ2v) is 3.13. The van der Waals surface area contributed by atoms with Crippen LogP contribution in [0.25, 0.3) is 0 Å². The number of nitrogens with two attached hydrogens (primary N) is 1. The lowest BCUT2D eigenvalue weighted by molar-refractivity contribution is 0.444. The minimum Gasteiger partial charge on any atom is -0.437 e. The summed E-state index contributed by atoms with van der Waals surface area (Å²) >= 11 is 0. The zero-order valence-corrected chi connectivity index (χ0v) is 8.43. The smallest absolute Gasteiger partial charge is 0.243 e. The summed E-state index contributed by atoms with van der Waals surface area (Å²) in [7, 11) is 0. The van der Waals surface area contributed by atoms with Crippen LogP contribution in [0.5, 0.6) is 11.6 Å². The predicted octanol–water partition coefficient (Wildman–Crippen LogP) is 1.87. The van der Waals surface area contributed by atoms with E-state index in [-0.39, 0.29) is 5.82 Å². The molecule has 0 atom stereocenters. The molecule has 0 saturated carbocycles. The fourth-order valence-electron chi connectivity index (χ4n) is 1.23. The minimum absolute atomic E-state index is 0.292. The molecule has 0 amide bonds. The number of nitrogens with zero attached hydrogens (tertiary/aromatic N) is 2. The van der Waals surface area contributed by atoms with Gasteiger partial charge in [-0.3, -0.25) is 0 Å². The fourth-order valence-corrected chi connectivity index (χ4v) is 1.23. The monoisotopic (exact) mass is 219 g/mol. The minimum atomic E-state index is -0.365. The molecule has 2 aromatic rings. The Morgan fingerprint density at radius 2 is 2.19 bits per heavy atom. The van der Waals surface area contributed by atoms with Crippen LogP contribution in [0.4, 0.5) is 4.39 Å². The van der Waals surface area contributed by atoms with Crippen molar-refractivity contribution in [2.24, 2.45) is 5.73 Å². The highest BCUT2D eigenvalue weighted by atomic mass is 19.1. The lowest BCUT2D eigenvalue weighted by atomic mass is 10.3. The molecule has 0 spiro atoms. The molecule has 16 heavy (non-hydrogen) atoms. The number of benzene rings is 1. The van der Waals surface area contributed by atoms with Crippen LogP contribution >= 0.6 is 0 Å². The lowest BCUT2D eigenvalue weighted by Gasteiger charge is -2.07. The van der Waals surface area contributed by atoms with Crippen molar-refractivity contribution in [1.29, 1.82) is 0 Å². The van der Waals surface area contributed by atoms with Gasteiger partial charge in [-0.15, -0.1) is 5.10 Å². The molecule has 0 fully saturated rings. The Balaban J connectivity index is 2.26. The molecular formula is C11H10FN3O. The predicted molar refractivity (Wildman–Crippen MR) is 56.4 cm³/mol. The van der Waals surface area contributed by atoms with E-state index in [2.05, 4.69) is 10.2 Å². The maximum atomic E-state index is 12.9.